The van der Waals surface area contributed by atoms with E-state index in [1.165, 1.54) is 0 Å². The highest BCUT2D eigenvalue weighted by Gasteiger charge is 2.11. The Morgan fingerprint density at radius 2 is 1.42 bits per heavy atom. The summed E-state index contributed by atoms with van der Waals surface area (Å²) < 4.78 is 6.76. The van der Waals surface area contributed by atoms with Gasteiger partial charge in [-0.05, 0) is 40.2 Å². The van der Waals surface area contributed by atoms with Crippen LogP contribution in [0.15, 0.2) is 87.9 Å². The summed E-state index contributed by atoms with van der Waals surface area (Å²) in [6.07, 6.45) is 0. The smallest absolute Gasteiger partial charge is 0.161 e. The molecule has 4 heteroatoms. The molecule has 26 heavy (non-hydrogen) atoms. The molecule has 0 aliphatic heterocycles. The van der Waals surface area contributed by atoms with Gasteiger partial charge in [0.1, 0.15) is 15.8 Å². The van der Waals surface area contributed by atoms with E-state index in [0.29, 0.717) is 5.82 Å². The van der Waals surface area contributed by atoms with Crippen LogP contribution in [0.4, 0.5) is 0 Å². The summed E-state index contributed by atoms with van der Waals surface area (Å²) in [5.74, 6) is 0.694. The molecule has 0 radical (unpaired) electrons. The Morgan fingerprint density at radius 3 is 2.31 bits per heavy atom. The standard InChI is InChI=1S/C22H13BrN2O/c23-21-13-18(24-22(25-21)14-6-2-1-3-7-14)15-10-11-17-16-8-4-5-9-19(16)26-20(17)12-15/h1-13H. The van der Waals surface area contributed by atoms with E-state index < -0.39 is 0 Å². The van der Waals surface area contributed by atoms with Crippen LogP contribution in [-0.2, 0) is 0 Å². The Hall–Kier alpha value is -2.98. The fourth-order valence-electron chi connectivity index (χ4n) is 3.17. The number of nitrogens with zero attached hydrogens (tertiary/aromatic N) is 2. The zero-order valence-electron chi connectivity index (χ0n) is 13.7. The predicted molar refractivity (Wildman–Crippen MR) is 108 cm³/mol. The van der Waals surface area contributed by atoms with Gasteiger partial charge < -0.3 is 4.42 Å². The molecule has 0 fully saturated rings. The first-order valence-corrected chi connectivity index (χ1v) is 9.09. The lowest BCUT2D eigenvalue weighted by Crippen LogP contribution is -1.93. The van der Waals surface area contributed by atoms with Crippen molar-refractivity contribution in [3.8, 4) is 22.6 Å². The van der Waals surface area contributed by atoms with Crippen molar-refractivity contribution < 1.29 is 4.42 Å². The molecule has 5 aromatic rings. The first kappa shape index (κ1) is 15.3. The van der Waals surface area contributed by atoms with Crippen LogP contribution in [-0.4, -0.2) is 9.97 Å². The molecule has 0 aliphatic carbocycles. The first-order valence-electron chi connectivity index (χ1n) is 8.30. The topological polar surface area (TPSA) is 38.9 Å². The van der Waals surface area contributed by atoms with Crippen molar-refractivity contribution in [1.82, 2.24) is 9.97 Å². The SMILES string of the molecule is Brc1cc(-c2ccc3c(c2)oc2ccccc23)nc(-c2ccccc2)n1. The molecular formula is C22H13BrN2O. The minimum atomic E-state index is 0.694. The maximum Gasteiger partial charge on any atom is 0.161 e. The number of rotatable bonds is 2. The van der Waals surface area contributed by atoms with Gasteiger partial charge in [0.05, 0.1) is 5.69 Å². The van der Waals surface area contributed by atoms with E-state index in [1.54, 1.807) is 0 Å². The molecule has 124 valence electrons. The third-order valence-electron chi connectivity index (χ3n) is 4.40. The second-order valence-corrected chi connectivity index (χ2v) is 6.89. The molecule has 2 heterocycles. The third-order valence-corrected chi connectivity index (χ3v) is 4.81. The monoisotopic (exact) mass is 400 g/mol. The van der Waals surface area contributed by atoms with E-state index >= 15 is 0 Å². The average Bonchev–Trinajstić information content (AvgIpc) is 3.06. The van der Waals surface area contributed by atoms with Gasteiger partial charge in [-0.25, -0.2) is 9.97 Å². The Morgan fingerprint density at radius 1 is 0.654 bits per heavy atom. The van der Waals surface area contributed by atoms with Crippen LogP contribution < -0.4 is 0 Å². The summed E-state index contributed by atoms with van der Waals surface area (Å²) in [6, 6.07) is 26.2. The van der Waals surface area contributed by atoms with Crippen molar-refractivity contribution in [3.63, 3.8) is 0 Å². The quantitative estimate of drug-likeness (QED) is 0.318. The Labute approximate surface area is 158 Å². The lowest BCUT2D eigenvalue weighted by atomic mass is 10.1. The molecule has 0 atom stereocenters. The van der Waals surface area contributed by atoms with Crippen LogP contribution >= 0.6 is 15.9 Å². The first-order chi connectivity index (χ1) is 12.8. The third kappa shape index (κ3) is 2.59. The van der Waals surface area contributed by atoms with Crippen molar-refractivity contribution >= 4 is 37.9 Å². The number of halogens is 1. The fourth-order valence-corrected chi connectivity index (χ4v) is 3.55. The molecule has 0 saturated carbocycles. The highest BCUT2D eigenvalue weighted by Crippen LogP contribution is 2.32. The summed E-state index contributed by atoms with van der Waals surface area (Å²) in [6.45, 7) is 0. The minimum Gasteiger partial charge on any atom is -0.456 e. The average molecular weight is 401 g/mol. The van der Waals surface area contributed by atoms with E-state index in [0.717, 1.165) is 43.4 Å². The molecule has 0 bridgehead atoms. The van der Waals surface area contributed by atoms with Gasteiger partial charge in [-0.3, -0.25) is 0 Å². The van der Waals surface area contributed by atoms with Crippen LogP contribution in [0.2, 0.25) is 0 Å². The predicted octanol–water partition coefficient (Wildman–Crippen LogP) is 6.47. The van der Waals surface area contributed by atoms with Gasteiger partial charge in [0.2, 0.25) is 0 Å². The number of furan rings is 1. The van der Waals surface area contributed by atoms with Gasteiger partial charge >= 0.3 is 0 Å². The Kier molecular flexibility index (Phi) is 3.57. The molecule has 2 aromatic heterocycles. The molecule has 0 amide bonds. The number of hydrogen-bond donors (Lipinski definition) is 0. The van der Waals surface area contributed by atoms with E-state index in [2.05, 4.69) is 39.1 Å². The molecule has 0 saturated heterocycles. The van der Waals surface area contributed by atoms with E-state index in [4.69, 9.17) is 9.40 Å². The van der Waals surface area contributed by atoms with Crippen molar-refractivity contribution in [2.75, 3.05) is 0 Å². The highest BCUT2D eigenvalue weighted by atomic mass is 79.9. The zero-order chi connectivity index (χ0) is 17.5. The molecule has 0 spiro atoms. The molecule has 3 aromatic carbocycles. The summed E-state index contributed by atoms with van der Waals surface area (Å²) in [5.41, 5.74) is 4.60. The van der Waals surface area contributed by atoms with Crippen molar-refractivity contribution in [2.45, 2.75) is 0 Å². The maximum atomic E-state index is 6.00. The lowest BCUT2D eigenvalue weighted by molar-refractivity contribution is 0.669. The molecule has 3 nitrogen and oxygen atoms in total. The number of hydrogen-bond acceptors (Lipinski definition) is 3. The number of aromatic nitrogens is 2. The Bertz CT molecular complexity index is 1250. The fraction of sp³-hybridized carbons (Fsp3) is 0. The molecule has 0 aliphatic rings. The lowest BCUT2D eigenvalue weighted by Gasteiger charge is -2.06. The van der Waals surface area contributed by atoms with Gasteiger partial charge in [-0.1, -0.05) is 54.6 Å². The van der Waals surface area contributed by atoms with E-state index in [1.807, 2.05) is 60.7 Å². The zero-order valence-corrected chi connectivity index (χ0v) is 15.3. The van der Waals surface area contributed by atoms with Crippen molar-refractivity contribution in [2.24, 2.45) is 0 Å². The van der Waals surface area contributed by atoms with Crippen LogP contribution in [0.5, 0.6) is 0 Å². The largest absolute Gasteiger partial charge is 0.456 e. The summed E-state index contributed by atoms with van der Waals surface area (Å²) >= 11 is 3.51. The number of fused-ring (bicyclic) bond motifs is 3. The summed E-state index contributed by atoms with van der Waals surface area (Å²) in [5, 5.41) is 2.24. The Balaban J connectivity index is 1.67. The summed E-state index contributed by atoms with van der Waals surface area (Å²) in [7, 11) is 0. The minimum absolute atomic E-state index is 0.694. The second-order valence-electron chi connectivity index (χ2n) is 6.07. The van der Waals surface area contributed by atoms with Crippen LogP contribution in [0.1, 0.15) is 0 Å². The number of para-hydroxylation sites is 1. The van der Waals surface area contributed by atoms with Gasteiger partial charge in [0.25, 0.3) is 0 Å². The maximum absolute atomic E-state index is 6.00. The summed E-state index contributed by atoms with van der Waals surface area (Å²) in [4.78, 5) is 9.26. The van der Waals surface area contributed by atoms with Crippen LogP contribution in [0.25, 0.3) is 44.6 Å². The molecule has 5 rings (SSSR count). The van der Waals surface area contributed by atoms with Gasteiger partial charge in [-0.15, -0.1) is 0 Å². The van der Waals surface area contributed by atoms with Crippen LogP contribution in [0, 0.1) is 0 Å². The van der Waals surface area contributed by atoms with Crippen molar-refractivity contribution in [3.05, 3.63) is 83.5 Å². The molecule has 0 N–H and O–H groups in total. The van der Waals surface area contributed by atoms with Crippen LogP contribution in [0.3, 0.4) is 0 Å². The second kappa shape index (κ2) is 6.07. The van der Waals surface area contributed by atoms with E-state index in [-0.39, 0.29) is 0 Å². The molecule has 0 unspecified atom stereocenters. The van der Waals surface area contributed by atoms with Gasteiger partial charge in [0.15, 0.2) is 5.82 Å². The van der Waals surface area contributed by atoms with E-state index in [9.17, 15) is 0 Å². The normalized spacial score (nSPS) is 11.3. The van der Waals surface area contributed by atoms with Gasteiger partial charge in [-0.2, -0.15) is 0 Å². The number of benzene rings is 3. The van der Waals surface area contributed by atoms with Crippen molar-refractivity contribution in [1.29, 1.82) is 0 Å². The molecular weight excluding hydrogens is 388 g/mol. The highest BCUT2D eigenvalue weighted by molar-refractivity contribution is 9.10. The van der Waals surface area contributed by atoms with Gasteiger partial charge in [0, 0.05) is 21.9 Å².